The Labute approximate surface area is 492 Å². The molecule has 0 unspecified atom stereocenters. The van der Waals surface area contributed by atoms with Gasteiger partial charge in [0.25, 0.3) is 0 Å². The van der Waals surface area contributed by atoms with E-state index >= 15 is 0 Å². The predicted octanol–water partition coefficient (Wildman–Crippen LogP) is 15.6. The molecule has 0 saturated heterocycles. The van der Waals surface area contributed by atoms with Crippen molar-refractivity contribution >= 4 is 83.6 Å². The van der Waals surface area contributed by atoms with Crippen LogP contribution in [-0.4, -0.2) is 51.9 Å². The molecular weight excluding hydrogens is 1120 g/mol. The first-order valence-corrected chi connectivity index (χ1v) is 31.1. The Morgan fingerprint density at radius 2 is 0.614 bits per heavy atom. The second-order valence-electron chi connectivity index (χ2n) is 20.4. The first kappa shape index (κ1) is 70.1. The largest absolute Gasteiger partial charge is 0.744 e. The first-order chi connectivity index (χ1) is 37.5. The summed E-state index contributed by atoms with van der Waals surface area (Å²) in [6, 6.07) is 48.9. The molecule has 12 nitrogen and oxygen atoms in total. The molecule has 0 heterocycles. The molecule has 0 aliphatic rings. The molecule has 442 valence electrons. The molecule has 0 amide bonds. The van der Waals surface area contributed by atoms with Crippen molar-refractivity contribution < 1.29 is 51.9 Å². The van der Waals surface area contributed by atoms with Gasteiger partial charge in [-0.2, -0.15) is 0 Å². The molecule has 0 aromatic heterocycles. The number of fused-ring (bicyclic) bond motifs is 4. The molecule has 16 heteroatoms. The number of hydrogen-bond donors (Lipinski definition) is 0. The van der Waals surface area contributed by atoms with Crippen LogP contribution in [0.1, 0.15) is 87.2 Å². The summed E-state index contributed by atoms with van der Waals surface area (Å²) in [6.07, 6.45) is 0. The lowest BCUT2D eigenvalue weighted by Crippen LogP contribution is -2.01. The van der Waals surface area contributed by atoms with Crippen molar-refractivity contribution in [1.82, 2.24) is 0 Å². The van der Waals surface area contributed by atoms with E-state index in [4.69, 9.17) is 0 Å². The minimum Gasteiger partial charge on any atom is -0.744 e. The van der Waals surface area contributed by atoms with Gasteiger partial charge in [-0.25, -0.2) is 33.7 Å². The second kappa shape index (κ2) is 28.9. The number of hydrogen-bond acceptors (Lipinski definition) is 12. The van der Waals surface area contributed by atoms with Crippen molar-refractivity contribution in [1.29, 1.82) is 0 Å². The van der Waals surface area contributed by atoms with Crippen molar-refractivity contribution in [2.24, 2.45) is 0 Å². The fraction of sp³-hybridized carbons (Fsp3) is 0.224. The average Bonchev–Trinajstić information content (AvgIpc) is 3.53. The van der Waals surface area contributed by atoms with Gasteiger partial charge in [0, 0.05) is 5.39 Å². The molecule has 10 aromatic rings. The summed E-state index contributed by atoms with van der Waals surface area (Å²) in [5.74, 6) is 0. The SMILES string of the molecule is C.C.Cc1cc(C)c2c(S(=O)(=O)[O-])cc(C)cc2c1.Cc1cc(C)c2ccc(S(=O)(=O)[O-])cc2c1.Cc1cc(C)cc(C)c1.Cc1ccc(S(=O)(=O)[O-])cc1.Cc1ccc2c(C)cc(C)cc2c1.Cc1cccc2c(S(=O)(=O)[O-])cccc12. The van der Waals surface area contributed by atoms with Gasteiger partial charge in [-0.05, 0) is 192 Å². The Balaban J connectivity index is 0.000000263. The topological polar surface area (TPSA) is 229 Å². The van der Waals surface area contributed by atoms with Crippen LogP contribution < -0.4 is 0 Å². The Hall–Kier alpha value is -7.12. The van der Waals surface area contributed by atoms with Crippen LogP contribution in [0, 0.1) is 90.0 Å². The maximum atomic E-state index is 11.3. The summed E-state index contributed by atoms with van der Waals surface area (Å²) in [6.45, 7) is 26.0. The quantitative estimate of drug-likeness (QED) is 0.150. The van der Waals surface area contributed by atoms with Gasteiger partial charge in [0.05, 0.1) is 19.6 Å². The van der Waals surface area contributed by atoms with Crippen LogP contribution in [0.25, 0.3) is 43.1 Å². The summed E-state index contributed by atoms with van der Waals surface area (Å²) < 4.78 is 131. The highest BCUT2D eigenvalue weighted by molar-refractivity contribution is 7.86. The van der Waals surface area contributed by atoms with Gasteiger partial charge < -0.3 is 18.2 Å². The normalized spacial score (nSPS) is 11.1. The molecule has 0 spiro atoms. The van der Waals surface area contributed by atoms with Gasteiger partial charge in [0.15, 0.2) is 0 Å². The molecule has 0 saturated carbocycles. The average molecular weight is 1200 g/mol. The first-order valence-electron chi connectivity index (χ1n) is 25.5. The maximum Gasteiger partial charge on any atom is 0.125 e. The second-order valence-corrected chi connectivity index (χ2v) is 25.9. The van der Waals surface area contributed by atoms with Gasteiger partial charge in [-0.3, -0.25) is 0 Å². The summed E-state index contributed by atoms with van der Waals surface area (Å²) >= 11 is 0. The zero-order valence-electron chi connectivity index (χ0n) is 47.6. The standard InChI is InChI=1S/C13H14O3S.C13H14.C12H12O3S.C11H10O3S.C9H12.C7H8O3S.2CH4/c1-8-4-10(3)13-11(5-8)6-9(2)7-12(13)17(14,15)16;1-9-4-5-13-11(3)6-10(2)8-12(13)7-9;1-8-5-9(2)12-4-3-11(16(13,14)15)7-10(12)6-8;1-8-4-2-6-10-9(8)5-3-7-11(10)15(12,13)14;1-7-4-8(2)6-9(3)5-7;1-6-2-4-7(5-3-6)11(8,9)10;;/h4-7H,1-3H3,(H,14,15,16);4-8H,1-3H3;3-7H,1-2H3,(H,13,14,15);2-7H,1H3,(H,12,13,14);4-6H,1-3H3;2-5H,1H3,(H,8,9,10);2*1H4/p-4. The smallest absolute Gasteiger partial charge is 0.125 e. The maximum absolute atomic E-state index is 11.3. The van der Waals surface area contributed by atoms with Gasteiger partial charge in [0.1, 0.15) is 40.5 Å². The molecule has 0 N–H and O–H groups in total. The highest BCUT2D eigenvalue weighted by Gasteiger charge is 2.12. The van der Waals surface area contributed by atoms with E-state index in [1.165, 1.54) is 80.6 Å². The van der Waals surface area contributed by atoms with E-state index < -0.39 is 40.5 Å². The zero-order chi connectivity index (χ0) is 60.5. The highest BCUT2D eigenvalue weighted by Crippen LogP contribution is 2.30. The van der Waals surface area contributed by atoms with E-state index in [9.17, 15) is 51.9 Å². The predicted molar refractivity (Wildman–Crippen MR) is 336 cm³/mol. The third-order valence-electron chi connectivity index (χ3n) is 12.8. The highest BCUT2D eigenvalue weighted by atomic mass is 32.2. The molecule has 0 radical (unpaired) electrons. The summed E-state index contributed by atoms with van der Waals surface area (Å²) in [5.41, 5.74) is 14.8. The minimum atomic E-state index is -4.44. The fourth-order valence-corrected chi connectivity index (χ4v) is 12.1. The van der Waals surface area contributed by atoms with E-state index in [-0.39, 0.29) is 34.4 Å². The third kappa shape index (κ3) is 20.0. The molecule has 0 fully saturated rings. The van der Waals surface area contributed by atoms with E-state index in [2.05, 4.69) is 90.1 Å². The van der Waals surface area contributed by atoms with Gasteiger partial charge >= 0.3 is 0 Å². The number of rotatable bonds is 4. The molecule has 10 rings (SSSR count). The van der Waals surface area contributed by atoms with Gasteiger partial charge in [0.2, 0.25) is 0 Å². The lowest BCUT2D eigenvalue weighted by atomic mass is 10.0. The van der Waals surface area contributed by atoms with Crippen LogP contribution in [0.5, 0.6) is 0 Å². The van der Waals surface area contributed by atoms with Crippen molar-refractivity contribution in [2.75, 3.05) is 0 Å². The van der Waals surface area contributed by atoms with Gasteiger partial charge in [-0.15, -0.1) is 0 Å². The van der Waals surface area contributed by atoms with Crippen LogP contribution in [0.2, 0.25) is 0 Å². The number of aryl methyl sites for hydroxylation is 13. The van der Waals surface area contributed by atoms with E-state index in [1.807, 2.05) is 77.9 Å². The third-order valence-corrected chi connectivity index (χ3v) is 16.3. The van der Waals surface area contributed by atoms with E-state index in [1.54, 1.807) is 49.4 Å². The molecule has 83 heavy (non-hydrogen) atoms. The molecular formula is C67H74O12S4-4. The molecule has 0 atom stereocenters. The molecule has 10 aromatic carbocycles. The lowest BCUT2D eigenvalue weighted by Gasteiger charge is -2.14. The van der Waals surface area contributed by atoms with Crippen LogP contribution >= 0.6 is 0 Å². The van der Waals surface area contributed by atoms with E-state index in [0.29, 0.717) is 10.8 Å². The monoisotopic (exact) mass is 1200 g/mol. The number of benzene rings is 10. The summed E-state index contributed by atoms with van der Waals surface area (Å²) in [7, 11) is -17.5. The Bertz CT molecular complexity index is 4360. The van der Waals surface area contributed by atoms with Crippen LogP contribution in [-0.2, 0) is 40.5 Å². The molecule has 0 bridgehead atoms. The van der Waals surface area contributed by atoms with Gasteiger partial charge in [-0.1, -0.05) is 187 Å². The van der Waals surface area contributed by atoms with Crippen molar-refractivity contribution in [2.45, 2.75) is 124 Å². The fourth-order valence-electron chi connectivity index (χ4n) is 9.53. The van der Waals surface area contributed by atoms with Crippen molar-refractivity contribution in [3.63, 3.8) is 0 Å². The Morgan fingerprint density at radius 1 is 0.253 bits per heavy atom. The molecule has 0 aliphatic carbocycles. The van der Waals surface area contributed by atoms with E-state index in [0.717, 1.165) is 60.5 Å². The van der Waals surface area contributed by atoms with Crippen LogP contribution in [0.4, 0.5) is 0 Å². The van der Waals surface area contributed by atoms with Crippen molar-refractivity contribution in [3.8, 4) is 0 Å². The molecule has 0 aliphatic heterocycles. The zero-order valence-corrected chi connectivity index (χ0v) is 50.9. The van der Waals surface area contributed by atoms with Crippen molar-refractivity contribution in [3.05, 3.63) is 236 Å². The summed E-state index contributed by atoms with van der Waals surface area (Å²) in [5, 5.41) is 7.12. The van der Waals surface area contributed by atoms with Crippen LogP contribution in [0.3, 0.4) is 0 Å². The summed E-state index contributed by atoms with van der Waals surface area (Å²) in [4.78, 5) is -0.623. The Morgan fingerprint density at radius 3 is 1.08 bits per heavy atom. The minimum absolute atomic E-state index is 0. The van der Waals surface area contributed by atoms with Crippen LogP contribution in [0.15, 0.2) is 183 Å². The lowest BCUT2D eigenvalue weighted by molar-refractivity contribution is 0.461. The Kier molecular flexibility index (Phi) is 24.4.